The number of hydrogen-bond donors (Lipinski definition) is 4. The summed E-state index contributed by atoms with van der Waals surface area (Å²) in [6, 6.07) is 38.9. The number of H-pyrrole nitrogens is 3. The number of aromatic hydroxyl groups is 1. The van der Waals surface area contributed by atoms with Crippen molar-refractivity contribution in [2.24, 2.45) is 0 Å². The number of pyridine rings is 3. The van der Waals surface area contributed by atoms with E-state index < -0.39 is 11.6 Å². The number of fused-ring (bicyclic) bond motifs is 4. The van der Waals surface area contributed by atoms with Gasteiger partial charge in [0.15, 0.2) is 0 Å². The molecule has 5 aromatic carbocycles. The normalized spacial score (nSPS) is 11.7. The molecule has 16 heteroatoms. The summed E-state index contributed by atoms with van der Waals surface area (Å²) >= 11 is 0. The van der Waals surface area contributed by atoms with Crippen molar-refractivity contribution in [2.45, 2.75) is 13.3 Å². The highest BCUT2D eigenvalue weighted by atomic mass is 19.1. The smallest absolute Gasteiger partial charge is 0.127 e. The van der Waals surface area contributed by atoms with Crippen molar-refractivity contribution in [1.82, 2.24) is 49.9 Å². The topological polar surface area (TPSA) is 162 Å². The SMILES string of the molecule is CCc1cc(O)cc(-c2ccc3c(c2)c(-c2cc4c(-c5cc(F)cc(OCCN(C)C)c5)nccc4[nH]2)nn3N(C)CCOc2cc(F)cc(-c3nccc4[nH]c(-c5n[nH]c6ccc(-c7ccncc7)cc56)cc34)c2)c1. The van der Waals surface area contributed by atoms with Crippen molar-refractivity contribution in [3.8, 4) is 84.8 Å². The van der Waals surface area contributed by atoms with Crippen LogP contribution in [0.1, 0.15) is 12.5 Å². The van der Waals surface area contributed by atoms with E-state index in [1.165, 1.54) is 24.3 Å². The molecule has 0 aliphatic rings. The molecular weight excluding hydrogens is 961 g/mol. The minimum atomic E-state index is -0.462. The van der Waals surface area contributed by atoms with Crippen molar-refractivity contribution < 1.29 is 23.4 Å². The van der Waals surface area contributed by atoms with Gasteiger partial charge >= 0.3 is 0 Å². The zero-order valence-electron chi connectivity index (χ0n) is 42.1. The van der Waals surface area contributed by atoms with E-state index in [9.17, 15) is 5.11 Å². The number of halogens is 2. The third-order valence-electron chi connectivity index (χ3n) is 13.7. The summed E-state index contributed by atoms with van der Waals surface area (Å²) in [7, 11) is 5.83. The summed E-state index contributed by atoms with van der Waals surface area (Å²) in [6.45, 7) is 3.69. The quantitative estimate of drug-likeness (QED) is 0.0733. The Morgan fingerprint density at radius 1 is 0.539 bits per heavy atom. The fourth-order valence-electron chi connectivity index (χ4n) is 9.85. The van der Waals surface area contributed by atoms with Gasteiger partial charge < -0.3 is 29.4 Å². The highest BCUT2D eigenvalue weighted by Gasteiger charge is 2.21. The minimum absolute atomic E-state index is 0.187. The Morgan fingerprint density at radius 2 is 1.14 bits per heavy atom. The molecule has 0 saturated carbocycles. The van der Waals surface area contributed by atoms with Crippen molar-refractivity contribution in [1.29, 1.82) is 0 Å². The average Bonchev–Trinajstić information content (AvgIpc) is 4.28. The molecule has 14 nitrogen and oxygen atoms in total. The first-order chi connectivity index (χ1) is 37.0. The standard InChI is InChI=1S/C60H51F2N11O3/c1-5-35-22-39(26-44(74)23-35)38-7-9-56-50(30-38)60(55-34-49-52(67-55)13-17-65-58(49)40-24-42(61)31-45(27-40)75-20-18-71(2)3)70-73(56)72(4)19-21-76-46-28-41(25-43(62)32-46)57-48-33-54(66-51(48)12-16-64-57)59-47-29-37(6-8-53(47)68-69-59)36-10-14-63-15-11-36/h6-17,22-34,66-67,74H,5,18-21H2,1-4H3,(H,68,69). The first kappa shape index (κ1) is 47.6. The second-order valence-electron chi connectivity index (χ2n) is 19.1. The molecule has 0 saturated heterocycles. The van der Waals surface area contributed by atoms with Crippen LogP contribution in [0.25, 0.3) is 111 Å². The van der Waals surface area contributed by atoms with Crippen molar-refractivity contribution in [2.75, 3.05) is 52.5 Å². The number of likely N-dealkylation sites (N-methyl/N-ethyl adjacent to an activating group) is 2. The minimum Gasteiger partial charge on any atom is -0.508 e. The molecule has 76 heavy (non-hydrogen) atoms. The Kier molecular flexibility index (Phi) is 12.4. The highest BCUT2D eigenvalue weighted by Crippen LogP contribution is 2.39. The summed E-state index contributed by atoms with van der Waals surface area (Å²) in [4.78, 5) is 24.5. The fraction of sp³-hybridized carbons (Fsp3) is 0.150. The van der Waals surface area contributed by atoms with Crippen LogP contribution in [0, 0.1) is 11.6 Å². The van der Waals surface area contributed by atoms with Crippen molar-refractivity contribution in [3.05, 3.63) is 169 Å². The predicted octanol–water partition coefficient (Wildman–Crippen LogP) is 12.2. The van der Waals surface area contributed by atoms with Gasteiger partial charge in [0.2, 0.25) is 0 Å². The van der Waals surface area contributed by atoms with Crippen LogP contribution in [-0.4, -0.2) is 102 Å². The van der Waals surface area contributed by atoms with Crippen LogP contribution in [0.15, 0.2) is 152 Å². The Labute approximate surface area is 435 Å². The van der Waals surface area contributed by atoms with Crippen molar-refractivity contribution in [3.63, 3.8) is 0 Å². The maximum atomic E-state index is 15.6. The van der Waals surface area contributed by atoms with Gasteiger partial charge in [0.25, 0.3) is 0 Å². The lowest BCUT2D eigenvalue weighted by Crippen LogP contribution is -2.35. The predicted molar refractivity (Wildman–Crippen MR) is 295 cm³/mol. The molecule has 0 fully saturated rings. The number of phenolic OH excluding ortho intramolecular Hbond substituents is 1. The lowest BCUT2D eigenvalue weighted by atomic mass is 9.99. The zero-order chi connectivity index (χ0) is 52.0. The largest absolute Gasteiger partial charge is 0.508 e. The number of ether oxygens (including phenoxy) is 2. The lowest BCUT2D eigenvalue weighted by Gasteiger charge is -2.20. The molecule has 12 rings (SSSR count). The van der Waals surface area contributed by atoms with Crippen LogP contribution >= 0.6 is 0 Å². The zero-order valence-corrected chi connectivity index (χ0v) is 42.1. The molecule has 378 valence electrons. The molecule has 0 bridgehead atoms. The van der Waals surface area contributed by atoms with E-state index in [0.717, 1.165) is 94.9 Å². The van der Waals surface area contributed by atoms with Crippen LogP contribution in [0.2, 0.25) is 0 Å². The van der Waals surface area contributed by atoms with E-state index in [0.29, 0.717) is 59.4 Å². The summed E-state index contributed by atoms with van der Waals surface area (Å²) in [5.74, 6) is 0.0730. The van der Waals surface area contributed by atoms with Gasteiger partial charge in [-0.15, -0.1) is 5.10 Å². The Morgan fingerprint density at radius 3 is 1.80 bits per heavy atom. The van der Waals surface area contributed by atoms with Gasteiger partial charge in [-0.3, -0.25) is 25.1 Å². The third kappa shape index (κ3) is 9.30. The Bertz CT molecular complexity index is 4130. The molecule has 7 aromatic heterocycles. The van der Waals surface area contributed by atoms with E-state index in [1.807, 2.05) is 96.5 Å². The second-order valence-corrected chi connectivity index (χ2v) is 19.1. The van der Waals surface area contributed by atoms with Gasteiger partial charge in [-0.25, -0.2) is 8.78 Å². The number of benzene rings is 5. The number of phenols is 1. The number of rotatable bonds is 16. The molecule has 0 radical (unpaired) electrons. The summed E-state index contributed by atoms with van der Waals surface area (Å²) < 4.78 is 43.0. The maximum absolute atomic E-state index is 15.6. The Hall–Kier alpha value is -9.41. The first-order valence-electron chi connectivity index (χ1n) is 25.0. The van der Waals surface area contributed by atoms with Gasteiger partial charge in [-0.05, 0) is 145 Å². The first-order valence-corrected chi connectivity index (χ1v) is 25.0. The number of nitrogens with one attached hydrogen (secondary N) is 3. The van der Waals surface area contributed by atoms with E-state index in [2.05, 4.69) is 56.3 Å². The number of hydrogen-bond acceptors (Lipinski definition) is 10. The van der Waals surface area contributed by atoms with Gasteiger partial charge in [0.1, 0.15) is 53.5 Å². The monoisotopic (exact) mass is 1010 g/mol. The number of aryl methyl sites for hydroxylation is 1. The van der Waals surface area contributed by atoms with Gasteiger partial charge in [-0.1, -0.05) is 25.1 Å². The molecule has 0 amide bonds. The Balaban J connectivity index is 0.839. The maximum Gasteiger partial charge on any atom is 0.127 e. The lowest BCUT2D eigenvalue weighted by molar-refractivity contribution is 0.260. The van der Waals surface area contributed by atoms with E-state index in [-0.39, 0.29) is 12.4 Å². The van der Waals surface area contributed by atoms with Crippen LogP contribution in [0.4, 0.5) is 8.78 Å². The molecule has 0 aliphatic heterocycles. The van der Waals surface area contributed by atoms with Crippen LogP contribution in [-0.2, 0) is 6.42 Å². The van der Waals surface area contributed by atoms with Crippen LogP contribution in [0.5, 0.6) is 17.2 Å². The van der Waals surface area contributed by atoms with E-state index in [4.69, 9.17) is 24.5 Å². The van der Waals surface area contributed by atoms with Crippen LogP contribution in [0.3, 0.4) is 0 Å². The summed E-state index contributed by atoms with van der Waals surface area (Å²) in [6.07, 6.45) is 7.72. The van der Waals surface area contributed by atoms with E-state index in [1.54, 1.807) is 43.0 Å². The molecule has 12 aromatic rings. The number of aromatic nitrogens is 9. The van der Waals surface area contributed by atoms with Crippen LogP contribution < -0.4 is 14.5 Å². The average molecular weight is 1010 g/mol. The summed E-state index contributed by atoms with van der Waals surface area (Å²) in [5, 5.41) is 29.1. The van der Waals surface area contributed by atoms with Gasteiger partial charge in [0, 0.05) is 94.2 Å². The summed E-state index contributed by atoms with van der Waals surface area (Å²) in [5.41, 5.74) is 13.5. The highest BCUT2D eigenvalue weighted by molar-refractivity contribution is 6.03. The van der Waals surface area contributed by atoms with Gasteiger partial charge in [0.05, 0.1) is 40.4 Å². The van der Waals surface area contributed by atoms with Crippen molar-refractivity contribution >= 4 is 43.6 Å². The fourth-order valence-corrected chi connectivity index (χ4v) is 9.85. The third-order valence-corrected chi connectivity index (χ3v) is 13.7. The molecule has 0 aliphatic carbocycles. The molecule has 0 unspecified atom stereocenters. The van der Waals surface area contributed by atoms with E-state index >= 15 is 8.78 Å². The molecule has 7 heterocycles. The van der Waals surface area contributed by atoms with Gasteiger partial charge in [-0.2, -0.15) is 9.89 Å². The molecule has 0 atom stereocenters. The molecule has 4 N–H and O–H groups in total. The number of nitrogens with zero attached hydrogens (tertiary/aromatic N) is 8. The molecule has 0 spiro atoms. The second kappa shape index (κ2) is 19.8. The molecular formula is C60H51F2N11O3. The number of aromatic amines is 3.